The average Bonchev–Trinajstić information content (AvgIpc) is 3.27. The minimum absolute atomic E-state index is 0.109. The number of carbonyl (C=O) groups is 2. The molecular weight excluding hydrogens is 406 g/mol. The second-order valence-corrected chi connectivity index (χ2v) is 7.77. The first-order valence-electron chi connectivity index (χ1n) is 10.6. The van der Waals surface area contributed by atoms with E-state index in [1.807, 2.05) is 61.5 Å². The Morgan fingerprint density at radius 1 is 0.938 bits per heavy atom. The summed E-state index contributed by atoms with van der Waals surface area (Å²) in [5.41, 5.74) is 1.62. The Hall–Kier alpha value is -3.58. The summed E-state index contributed by atoms with van der Waals surface area (Å²) < 4.78 is 10.7. The van der Waals surface area contributed by atoms with Crippen LogP contribution in [-0.2, 0) is 4.79 Å². The second-order valence-electron chi connectivity index (χ2n) is 7.77. The van der Waals surface area contributed by atoms with Gasteiger partial charge < -0.3 is 19.4 Å². The third-order valence-electron chi connectivity index (χ3n) is 5.64. The van der Waals surface area contributed by atoms with Crippen LogP contribution < -0.4 is 10.1 Å². The van der Waals surface area contributed by atoms with E-state index in [0.717, 1.165) is 11.3 Å². The molecule has 3 aromatic rings. The van der Waals surface area contributed by atoms with Crippen LogP contribution in [0, 0.1) is 6.92 Å². The molecule has 2 aromatic carbocycles. The second kappa shape index (κ2) is 9.70. The molecule has 1 saturated heterocycles. The van der Waals surface area contributed by atoms with Gasteiger partial charge in [-0.05, 0) is 48.9 Å². The van der Waals surface area contributed by atoms with Gasteiger partial charge in [0.2, 0.25) is 5.91 Å². The zero-order valence-electron chi connectivity index (χ0n) is 18.3. The SMILES string of the molecule is COc1ccc(NC(=O)C(c2ccccc2)N2CCN(C(=O)c3ccc(C)o3)CC2)cc1. The van der Waals surface area contributed by atoms with Crippen LogP contribution in [0.15, 0.2) is 71.1 Å². The van der Waals surface area contributed by atoms with Gasteiger partial charge in [-0.15, -0.1) is 0 Å². The first-order valence-corrected chi connectivity index (χ1v) is 10.6. The average molecular weight is 434 g/mol. The van der Waals surface area contributed by atoms with Gasteiger partial charge in [0.05, 0.1) is 7.11 Å². The van der Waals surface area contributed by atoms with Gasteiger partial charge >= 0.3 is 0 Å². The first-order chi connectivity index (χ1) is 15.5. The highest BCUT2D eigenvalue weighted by Gasteiger charge is 2.32. The number of hydrogen-bond acceptors (Lipinski definition) is 5. The topological polar surface area (TPSA) is 75.0 Å². The van der Waals surface area contributed by atoms with Gasteiger partial charge in [0.25, 0.3) is 5.91 Å². The van der Waals surface area contributed by atoms with E-state index in [1.165, 1.54) is 0 Å². The number of piperazine rings is 1. The Bertz CT molecular complexity index is 1050. The van der Waals surface area contributed by atoms with Gasteiger partial charge in [-0.2, -0.15) is 0 Å². The molecule has 1 N–H and O–H groups in total. The van der Waals surface area contributed by atoms with Gasteiger partial charge in [-0.1, -0.05) is 30.3 Å². The first kappa shape index (κ1) is 21.6. The number of ether oxygens (including phenoxy) is 1. The van der Waals surface area contributed by atoms with Crippen molar-refractivity contribution in [3.8, 4) is 5.75 Å². The van der Waals surface area contributed by atoms with Crippen LogP contribution >= 0.6 is 0 Å². The van der Waals surface area contributed by atoms with E-state index in [1.54, 1.807) is 24.1 Å². The Morgan fingerprint density at radius 3 is 2.22 bits per heavy atom. The summed E-state index contributed by atoms with van der Waals surface area (Å²) in [4.78, 5) is 29.9. The number of anilines is 1. The van der Waals surface area contributed by atoms with Crippen LogP contribution in [0.2, 0.25) is 0 Å². The van der Waals surface area contributed by atoms with Crippen molar-refractivity contribution in [3.05, 3.63) is 83.8 Å². The number of amides is 2. The molecule has 32 heavy (non-hydrogen) atoms. The number of benzene rings is 2. The molecule has 1 unspecified atom stereocenters. The Balaban J connectivity index is 1.47. The Morgan fingerprint density at radius 2 is 1.62 bits per heavy atom. The fraction of sp³-hybridized carbons (Fsp3) is 0.280. The highest BCUT2D eigenvalue weighted by atomic mass is 16.5. The lowest BCUT2D eigenvalue weighted by molar-refractivity contribution is -0.122. The number of aryl methyl sites for hydroxylation is 1. The molecule has 1 aromatic heterocycles. The molecule has 0 radical (unpaired) electrons. The molecule has 0 saturated carbocycles. The normalized spacial score (nSPS) is 15.2. The monoisotopic (exact) mass is 433 g/mol. The summed E-state index contributed by atoms with van der Waals surface area (Å²) in [6, 6.07) is 20.0. The number of hydrogen-bond donors (Lipinski definition) is 1. The lowest BCUT2D eigenvalue weighted by Gasteiger charge is -2.38. The van der Waals surface area contributed by atoms with E-state index in [0.29, 0.717) is 43.4 Å². The molecule has 0 aliphatic carbocycles. The number of rotatable bonds is 6. The summed E-state index contributed by atoms with van der Waals surface area (Å²) in [6.07, 6.45) is 0. The predicted molar refractivity (Wildman–Crippen MR) is 122 cm³/mol. The van der Waals surface area contributed by atoms with Crippen molar-refractivity contribution in [1.29, 1.82) is 0 Å². The maximum Gasteiger partial charge on any atom is 0.289 e. The maximum absolute atomic E-state index is 13.3. The van der Waals surface area contributed by atoms with Crippen LogP contribution in [-0.4, -0.2) is 54.9 Å². The predicted octanol–water partition coefficient (Wildman–Crippen LogP) is 3.73. The van der Waals surface area contributed by atoms with Crippen LogP contribution in [0.1, 0.15) is 27.9 Å². The lowest BCUT2D eigenvalue weighted by Crippen LogP contribution is -2.51. The molecule has 1 fully saturated rings. The largest absolute Gasteiger partial charge is 0.497 e. The van der Waals surface area contributed by atoms with Crippen molar-refractivity contribution >= 4 is 17.5 Å². The zero-order valence-corrected chi connectivity index (χ0v) is 18.3. The summed E-state index contributed by atoms with van der Waals surface area (Å²) in [5.74, 6) is 1.58. The van der Waals surface area contributed by atoms with Crippen molar-refractivity contribution < 1.29 is 18.7 Å². The molecule has 1 aliphatic heterocycles. The molecule has 2 amide bonds. The number of nitrogens with one attached hydrogen (secondary N) is 1. The van der Waals surface area contributed by atoms with Crippen molar-refractivity contribution in [3.63, 3.8) is 0 Å². The van der Waals surface area contributed by atoms with Gasteiger partial charge in [0.1, 0.15) is 17.6 Å². The van der Waals surface area contributed by atoms with Crippen molar-refractivity contribution in [2.45, 2.75) is 13.0 Å². The minimum atomic E-state index is -0.457. The van der Waals surface area contributed by atoms with E-state index in [-0.39, 0.29) is 11.8 Å². The number of carbonyl (C=O) groups excluding carboxylic acids is 2. The molecule has 0 bridgehead atoms. The zero-order chi connectivity index (χ0) is 22.5. The molecule has 166 valence electrons. The number of methoxy groups -OCH3 is 1. The van der Waals surface area contributed by atoms with E-state index >= 15 is 0 Å². The molecule has 0 spiro atoms. The lowest BCUT2D eigenvalue weighted by atomic mass is 10.0. The van der Waals surface area contributed by atoms with E-state index < -0.39 is 6.04 Å². The maximum atomic E-state index is 13.3. The summed E-state index contributed by atoms with van der Waals surface area (Å²) >= 11 is 0. The van der Waals surface area contributed by atoms with Crippen LogP contribution in [0.3, 0.4) is 0 Å². The summed E-state index contributed by atoms with van der Waals surface area (Å²) in [7, 11) is 1.61. The van der Waals surface area contributed by atoms with Gasteiger partial charge in [0, 0.05) is 31.9 Å². The van der Waals surface area contributed by atoms with E-state index in [9.17, 15) is 9.59 Å². The molecule has 1 atom stereocenters. The Labute approximate surface area is 187 Å². The molecule has 2 heterocycles. The number of nitrogens with zero attached hydrogens (tertiary/aromatic N) is 2. The molecule has 1 aliphatic rings. The third kappa shape index (κ3) is 4.84. The van der Waals surface area contributed by atoms with Crippen LogP contribution in [0.4, 0.5) is 5.69 Å². The smallest absolute Gasteiger partial charge is 0.289 e. The molecular formula is C25H27N3O4. The molecule has 7 nitrogen and oxygen atoms in total. The van der Waals surface area contributed by atoms with Crippen molar-refractivity contribution in [1.82, 2.24) is 9.80 Å². The highest BCUT2D eigenvalue weighted by Crippen LogP contribution is 2.25. The summed E-state index contributed by atoms with van der Waals surface area (Å²) in [5, 5.41) is 3.02. The fourth-order valence-electron chi connectivity index (χ4n) is 3.94. The van der Waals surface area contributed by atoms with E-state index in [2.05, 4.69) is 10.2 Å². The summed E-state index contributed by atoms with van der Waals surface area (Å²) in [6.45, 7) is 4.04. The van der Waals surface area contributed by atoms with E-state index in [4.69, 9.17) is 9.15 Å². The molecule has 7 heteroatoms. The quantitative estimate of drug-likeness (QED) is 0.641. The highest BCUT2D eigenvalue weighted by molar-refractivity contribution is 5.95. The standard InChI is InChI=1S/C25H27N3O4/c1-18-8-13-22(32-18)25(30)28-16-14-27(15-17-28)23(19-6-4-3-5-7-19)24(29)26-20-9-11-21(31-2)12-10-20/h3-13,23H,14-17H2,1-2H3,(H,26,29). The van der Waals surface area contributed by atoms with Gasteiger partial charge in [-0.25, -0.2) is 0 Å². The Kier molecular flexibility index (Phi) is 6.56. The molecule has 4 rings (SSSR count). The third-order valence-corrected chi connectivity index (χ3v) is 5.64. The van der Waals surface area contributed by atoms with Gasteiger partial charge in [0.15, 0.2) is 5.76 Å². The van der Waals surface area contributed by atoms with Crippen LogP contribution in [0.25, 0.3) is 0 Å². The number of furan rings is 1. The van der Waals surface area contributed by atoms with Gasteiger partial charge in [-0.3, -0.25) is 14.5 Å². The minimum Gasteiger partial charge on any atom is -0.497 e. The van der Waals surface area contributed by atoms with Crippen LogP contribution in [0.5, 0.6) is 5.75 Å². The van der Waals surface area contributed by atoms with Crippen molar-refractivity contribution in [2.75, 3.05) is 38.6 Å². The fourth-order valence-corrected chi connectivity index (χ4v) is 3.94. The van der Waals surface area contributed by atoms with Crippen molar-refractivity contribution in [2.24, 2.45) is 0 Å².